The van der Waals surface area contributed by atoms with Crippen molar-refractivity contribution in [2.75, 3.05) is 13.2 Å². The Morgan fingerprint density at radius 1 is 1.22 bits per heavy atom. The van der Waals surface area contributed by atoms with Crippen molar-refractivity contribution in [3.05, 3.63) is 65.2 Å². The summed E-state index contributed by atoms with van der Waals surface area (Å²) in [5, 5.41) is 3.04. The number of carbonyl (C=O) groups excluding carboxylic acids is 2. The quantitative estimate of drug-likeness (QED) is 0.813. The first-order valence-corrected chi connectivity index (χ1v) is 9.47. The van der Waals surface area contributed by atoms with Crippen LogP contribution in [0.1, 0.15) is 54.2 Å². The number of likely N-dealkylation sites (tertiary alicyclic amines) is 1. The molecule has 0 aromatic heterocycles. The fourth-order valence-corrected chi connectivity index (χ4v) is 3.31. The third kappa shape index (κ3) is 4.88. The van der Waals surface area contributed by atoms with E-state index in [9.17, 15) is 9.59 Å². The molecular formula is C22H26N2O3. The number of benzene rings is 2. The SMILES string of the molecule is CCOc1cccc([C@@H](C)NC(=O)c2cccc(CN3CCCC3=O)c2)c1. The van der Waals surface area contributed by atoms with E-state index in [0.29, 0.717) is 25.1 Å². The van der Waals surface area contributed by atoms with Gasteiger partial charge in [0, 0.05) is 25.1 Å². The molecule has 1 fully saturated rings. The number of nitrogens with one attached hydrogen (secondary N) is 1. The molecular weight excluding hydrogens is 340 g/mol. The Labute approximate surface area is 160 Å². The van der Waals surface area contributed by atoms with Gasteiger partial charge in [-0.1, -0.05) is 24.3 Å². The summed E-state index contributed by atoms with van der Waals surface area (Å²) in [6.45, 7) is 5.86. The number of hydrogen-bond acceptors (Lipinski definition) is 3. The lowest BCUT2D eigenvalue weighted by atomic mass is 10.1. The van der Waals surface area contributed by atoms with Crippen molar-refractivity contribution in [3.63, 3.8) is 0 Å². The molecule has 1 aliphatic heterocycles. The van der Waals surface area contributed by atoms with Gasteiger partial charge < -0.3 is 15.0 Å². The van der Waals surface area contributed by atoms with E-state index in [2.05, 4.69) is 5.32 Å². The van der Waals surface area contributed by atoms with Crippen molar-refractivity contribution in [2.24, 2.45) is 0 Å². The highest BCUT2D eigenvalue weighted by Crippen LogP contribution is 2.20. The molecule has 1 aliphatic rings. The minimum absolute atomic E-state index is 0.126. The zero-order valence-corrected chi connectivity index (χ0v) is 15.9. The lowest BCUT2D eigenvalue weighted by Crippen LogP contribution is -2.27. The van der Waals surface area contributed by atoms with Crippen molar-refractivity contribution in [1.82, 2.24) is 10.2 Å². The fraction of sp³-hybridized carbons (Fsp3) is 0.364. The first-order chi connectivity index (χ1) is 13.1. The minimum atomic E-state index is -0.137. The molecule has 0 aliphatic carbocycles. The first kappa shape index (κ1) is 19.0. The maximum Gasteiger partial charge on any atom is 0.251 e. The Bertz CT molecular complexity index is 819. The summed E-state index contributed by atoms with van der Waals surface area (Å²) in [6, 6.07) is 15.1. The van der Waals surface area contributed by atoms with Crippen LogP contribution in [-0.4, -0.2) is 29.9 Å². The number of nitrogens with zero attached hydrogens (tertiary/aromatic N) is 1. The molecule has 3 rings (SSSR count). The van der Waals surface area contributed by atoms with Crippen LogP contribution >= 0.6 is 0 Å². The van der Waals surface area contributed by atoms with Crippen molar-refractivity contribution in [2.45, 2.75) is 39.3 Å². The van der Waals surface area contributed by atoms with Gasteiger partial charge in [-0.15, -0.1) is 0 Å². The van der Waals surface area contributed by atoms with E-state index in [-0.39, 0.29) is 17.9 Å². The molecule has 0 unspecified atom stereocenters. The van der Waals surface area contributed by atoms with E-state index in [4.69, 9.17) is 4.74 Å². The van der Waals surface area contributed by atoms with Gasteiger partial charge in [0.25, 0.3) is 5.91 Å². The van der Waals surface area contributed by atoms with Gasteiger partial charge in [-0.05, 0) is 55.7 Å². The Hall–Kier alpha value is -2.82. The molecule has 5 nitrogen and oxygen atoms in total. The maximum atomic E-state index is 12.7. The smallest absolute Gasteiger partial charge is 0.251 e. The molecule has 1 saturated heterocycles. The summed E-state index contributed by atoms with van der Waals surface area (Å²) in [4.78, 5) is 26.3. The second kappa shape index (κ2) is 8.71. The highest BCUT2D eigenvalue weighted by Gasteiger charge is 2.20. The molecule has 1 heterocycles. The molecule has 2 amide bonds. The number of amides is 2. The molecule has 0 radical (unpaired) electrons. The van der Waals surface area contributed by atoms with Crippen LogP contribution in [0.3, 0.4) is 0 Å². The van der Waals surface area contributed by atoms with Gasteiger partial charge in [0.1, 0.15) is 5.75 Å². The van der Waals surface area contributed by atoms with Gasteiger partial charge in [0.05, 0.1) is 12.6 Å². The van der Waals surface area contributed by atoms with Crippen LogP contribution in [-0.2, 0) is 11.3 Å². The molecule has 5 heteroatoms. The average molecular weight is 366 g/mol. The molecule has 0 spiro atoms. The number of hydrogen-bond donors (Lipinski definition) is 1. The summed E-state index contributed by atoms with van der Waals surface area (Å²) < 4.78 is 5.53. The van der Waals surface area contributed by atoms with E-state index in [0.717, 1.165) is 29.8 Å². The number of ether oxygens (including phenoxy) is 1. The van der Waals surface area contributed by atoms with Crippen LogP contribution in [0.15, 0.2) is 48.5 Å². The van der Waals surface area contributed by atoms with E-state index >= 15 is 0 Å². The topological polar surface area (TPSA) is 58.6 Å². The van der Waals surface area contributed by atoms with Gasteiger partial charge in [0.15, 0.2) is 0 Å². The molecule has 2 aromatic carbocycles. The predicted octanol–water partition coefficient (Wildman–Crippen LogP) is 3.70. The summed E-state index contributed by atoms with van der Waals surface area (Å²) in [7, 11) is 0. The van der Waals surface area contributed by atoms with Crippen molar-refractivity contribution in [1.29, 1.82) is 0 Å². The van der Waals surface area contributed by atoms with Crippen molar-refractivity contribution >= 4 is 11.8 Å². The second-order valence-electron chi connectivity index (χ2n) is 6.82. The van der Waals surface area contributed by atoms with Crippen LogP contribution < -0.4 is 10.1 Å². The monoisotopic (exact) mass is 366 g/mol. The predicted molar refractivity (Wildman–Crippen MR) is 105 cm³/mol. The Kier molecular flexibility index (Phi) is 6.12. The van der Waals surface area contributed by atoms with Gasteiger partial charge in [0.2, 0.25) is 5.91 Å². The van der Waals surface area contributed by atoms with Crippen LogP contribution in [0.5, 0.6) is 5.75 Å². The summed E-state index contributed by atoms with van der Waals surface area (Å²) >= 11 is 0. The summed E-state index contributed by atoms with van der Waals surface area (Å²) in [5.74, 6) is 0.861. The summed E-state index contributed by atoms with van der Waals surface area (Å²) in [5.41, 5.74) is 2.57. The zero-order chi connectivity index (χ0) is 19.2. The number of rotatable bonds is 7. The second-order valence-corrected chi connectivity index (χ2v) is 6.82. The molecule has 0 saturated carbocycles. The molecule has 1 N–H and O–H groups in total. The molecule has 2 aromatic rings. The van der Waals surface area contributed by atoms with Crippen LogP contribution in [0.4, 0.5) is 0 Å². The largest absolute Gasteiger partial charge is 0.494 e. The van der Waals surface area contributed by atoms with Crippen LogP contribution in [0.2, 0.25) is 0 Å². The average Bonchev–Trinajstić information content (AvgIpc) is 3.07. The Morgan fingerprint density at radius 2 is 2.04 bits per heavy atom. The maximum absolute atomic E-state index is 12.7. The standard InChI is InChI=1S/C22H26N2O3/c1-3-27-20-10-5-8-18(14-20)16(2)23-22(26)19-9-4-7-17(13-19)15-24-12-6-11-21(24)25/h4-5,7-10,13-14,16H,3,6,11-12,15H2,1-2H3,(H,23,26)/t16-/m1/s1. The molecule has 142 valence electrons. The zero-order valence-electron chi connectivity index (χ0n) is 15.9. The lowest BCUT2D eigenvalue weighted by Gasteiger charge is -2.17. The molecule has 0 bridgehead atoms. The third-order valence-corrected chi connectivity index (χ3v) is 4.75. The first-order valence-electron chi connectivity index (χ1n) is 9.47. The van der Waals surface area contributed by atoms with Crippen molar-refractivity contribution < 1.29 is 14.3 Å². The molecule has 27 heavy (non-hydrogen) atoms. The van der Waals surface area contributed by atoms with Gasteiger partial charge >= 0.3 is 0 Å². The van der Waals surface area contributed by atoms with Crippen LogP contribution in [0.25, 0.3) is 0 Å². The summed E-state index contributed by atoms with van der Waals surface area (Å²) in [6.07, 6.45) is 1.54. The van der Waals surface area contributed by atoms with E-state index in [1.807, 2.05) is 61.2 Å². The Morgan fingerprint density at radius 3 is 2.78 bits per heavy atom. The lowest BCUT2D eigenvalue weighted by molar-refractivity contribution is -0.128. The highest BCUT2D eigenvalue weighted by molar-refractivity contribution is 5.94. The van der Waals surface area contributed by atoms with Gasteiger partial charge in [-0.2, -0.15) is 0 Å². The number of carbonyl (C=O) groups is 2. The van der Waals surface area contributed by atoms with E-state index < -0.39 is 0 Å². The minimum Gasteiger partial charge on any atom is -0.494 e. The van der Waals surface area contributed by atoms with Gasteiger partial charge in [-0.25, -0.2) is 0 Å². The van der Waals surface area contributed by atoms with Crippen molar-refractivity contribution in [3.8, 4) is 5.75 Å². The third-order valence-electron chi connectivity index (χ3n) is 4.75. The van der Waals surface area contributed by atoms with E-state index in [1.54, 1.807) is 6.07 Å². The fourth-order valence-electron chi connectivity index (χ4n) is 3.31. The molecule has 1 atom stereocenters. The van der Waals surface area contributed by atoms with Crippen LogP contribution in [0, 0.1) is 0 Å². The normalized spacial score (nSPS) is 14.9. The van der Waals surface area contributed by atoms with E-state index in [1.165, 1.54) is 0 Å². The van der Waals surface area contributed by atoms with Gasteiger partial charge in [-0.3, -0.25) is 9.59 Å². The Balaban J connectivity index is 1.66. The highest BCUT2D eigenvalue weighted by atomic mass is 16.5.